The molecular formula is C21H26N2OS2. The molecule has 1 saturated heterocycles. The Bertz CT molecular complexity index is 792. The summed E-state index contributed by atoms with van der Waals surface area (Å²) in [6.07, 6.45) is 10.8. The molecule has 5 heteroatoms. The third kappa shape index (κ3) is 4.15. The number of hydrogen-bond acceptors (Lipinski definition) is 3. The Hall–Kier alpha value is -1.33. The van der Waals surface area contributed by atoms with Gasteiger partial charge in [-0.15, -0.1) is 0 Å². The number of nitrogens with one attached hydrogen (secondary N) is 1. The van der Waals surface area contributed by atoms with Gasteiger partial charge in [0.25, 0.3) is 0 Å². The van der Waals surface area contributed by atoms with E-state index in [1.807, 2.05) is 26.5 Å². The van der Waals surface area contributed by atoms with Crippen LogP contribution >= 0.6 is 21.6 Å². The average Bonchev–Trinajstić information content (AvgIpc) is 3.35. The Morgan fingerprint density at radius 2 is 2.19 bits per heavy atom. The summed E-state index contributed by atoms with van der Waals surface area (Å²) in [5, 5.41) is 2.10. The molecule has 26 heavy (non-hydrogen) atoms. The van der Waals surface area contributed by atoms with Crippen LogP contribution in [-0.4, -0.2) is 39.9 Å². The molecule has 2 aliphatic heterocycles. The van der Waals surface area contributed by atoms with E-state index in [2.05, 4.69) is 41.5 Å². The second kappa shape index (κ2) is 8.57. The van der Waals surface area contributed by atoms with E-state index in [1.165, 1.54) is 47.1 Å². The second-order valence-corrected chi connectivity index (χ2v) is 9.93. The predicted molar refractivity (Wildman–Crippen MR) is 114 cm³/mol. The molecule has 2 aliphatic rings. The molecule has 4 rings (SSSR count). The van der Waals surface area contributed by atoms with Gasteiger partial charge in [-0.1, -0.05) is 52.3 Å². The van der Waals surface area contributed by atoms with Crippen molar-refractivity contribution >= 4 is 44.0 Å². The Kier molecular flexibility index (Phi) is 5.95. The Morgan fingerprint density at radius 3 is 3.00 bits per heavy atom. The number of aromatic amines is 1. The number of H-pyrrole nitrogens is 1. The number of aromatic nitrogens is 1. The summed E-state index contributed by atoms with van der Waals surface area (Å²) in [5.41, 5.74) is 3.84. The molecule has 0 unspecified atom stereocenters. The monoisotopic (exact) mass is 386 g/mol. The molecule has 0 aliphatic carbocycles. The van der Waals surface area contributed by atoms with Gasteiger partial charge in [-0.25, -0.2) is 0 Å². The van der Waals surface area contributed by atoms with E-state index in [0.717, 1.165) is 31.2 Å². The predicted octanol–water partition coefficient (Wildman–Crippen LogP) is 5.50. The van der Waals surface area contributed by atoms with E-state index in [0.29, 0.717) is 12.3 Å². The van der Waals surface area contributed by atoms with Gasteiger partial charge in [0.15, 0.2) is 0 Å². The molecule has 1 N–H and O–H groups in total. The zero-order valence-electron chi connectivity index (χ0n) is 15.1. The molecule has 1 aromatic carbocycles. The number of hydrogen-bond donors (Lipinski definition) is 1. The molecule has 1 aromatic heterocycles. The topological polar surface area (TPSA) is 36.1 Å². The van der Waals surface area contributed by atoms with Crippen molar-refractivity contribution in [2.24, 2.45) is 0 Å². The first-order valence-electron chi connectivity index (χ1n) is 9.63. The van der Waals surface area contributed by atoms with Crippen molar-refractivity contribution in [3.05, 3.63) is 42.1 Å². The fourth-order valence-electron chi connectivity index (χ4n) is 3.85. The lowest BCUT2D eigenvalue weighted by Gasteiger charge is -2.26. The fourth-order valence-corrected chi connectivity index (χ4v) is 6.88. The second-order valence-electron chi connectivity index (χ2n) is 7.14. The van der Waals surface area contributed by atoms with Gasteiger partial charge in [0.1, 0.15) is 0 Å². The summed E-state index contributed by atoms with van der Waals surface area (Å²) in [4.78, 5) is 17.9. The molecule has 3 heterocycles. The summed E-state index contributed by atoms with van der Waals surface area (Å²) >= 11 is 0. The van der Waals surface area contributed by atoms with Crippen LogP contribution in [0.1, 0.15) is 44.1 Å². The minimum absolute atomic E-state index is 0.327. The number of nitrogens with zero attached hydrogens (tertiary/aromatic N) is 1. The average molecular weight is 387 g/mol. The number of benzene rings is 1. The third-order valence-electron chi connectivity index (χ3n) is 5.39. The van der Waals surface area contributed by atoms with Crippen LogP contribution in [-0.2, 0) is 4.79 Å². The largest absolute Gasteiger partial charge is 0.361 e. The van der Waals surface area contributed by atoms with Crippen LogP contribution in [0, 0.1) is 0 Å². The van der Waals surface area contributed by atoms with Crippen molar-refractivity contribution in [3.63, 3.8) is 0 Å². The van der Waals surface area contributed by atoms with Gasteiger partial charge in [-0.05, 0) is 37.3 Å². The first kappa shape index (κ1) is 18.1. The van der Waals surface area contributed by atoms with Gasteiger partial charge in [-0.3, -0.25) is 4.79 Å². The number of amides is 1. The Labute approximate surface area is 163 Å². The summed E-state index contributed by atoms with van der Waals surface area (Å²) in [5.74, 6) is 1.63. The van der Waals surface area contributed by atoms with E-state index >= 15 is 0 Å². The van der Waals surface area contributed by atoms with Gasteiger partial charge in [0, 0.05) is 53.2 Å². The van der Waals surface area contributed by atoms with Crippen LogP contribution in [0.25, 0.3) is 16.5 Å². The van der Waals surface area contributed by atoms with Crippen LogP contribution < -0.4 is 0 Å². The molecule has 0 bridgehead atoms. The quantitative estimate of drug-likeness (QED) is 0.526. The molecule has 138 valence electrons. The normalized spacial score (nSPS) is 20.5. The van der Waals surface area contributed by atoms with Gasteiger partial charge in [0.05, 0.1) is 0 Å². The molecule has 1 atom stereocenters. The van der Waals surface area contributed by atoms with Crippen molar-refractivity contribution in [2.45, 2.75) is 43.8 Å². The maximum Gasteiger partial charge on any atom is 0.222 e. The molecule has 3 nitrogen and oxygen atoms in total. The van der Waals surface area contributed by atoms with E-state index in [1.54, 1.807) is 0 Å². The molecule has 0 spiro atoms. The standard InChI is InChI=1S/C21H26N2OS2/c24-21(8-4-1-5-17-11-14-25-26-17)23-12-9-16(10-13-23)19-15-22-20-7-3-2-6-18(19)20/h2-3,6-7,9,15,17,22H,1,4-5,8,10-14H2/t17-/m1/s1. The highest BCUT2D eigenvalue weighted by Gasteiger charge is 2.20. The maximum absolute atomic E-state index is 12.5. The molecule has 1 fully saturated rings. The van der Waals surface area contributed by atoms with Crippen LogP contribution in [0.2, 0.25) is 0 Å². The minimum atomic E-state index is 0.327. The first-order valence-corrected chi connectivity index (χ1v) is 12.0. The number of carbonyl (C=O) groups is 1. The van der Waals surface area contributed by atoms with Crippen LogP contribution in [0.15, 0.2) is 36.5 Å². The lowest BCUT2D eigenvalue weighted by molar-refractivity contribution is -0.130. The van der Waals surface area contributed by atoms with Gasteiger partial charge in [-0.2, -0.15) is 0 Å². The van der Waals surface area contributed by atoms with Gasteiger partial charge in [0.2, 0.25) is 5.91 Å². The molecule has 0 saturated carbocycles. The summed E-state index contributed by atoms with van der Waals surface area (Å²) in [6, 6.07) is 8.42. The van der Waals surface area contributed by atoms with Crippen molar-refractivity contribution in [1.29, 1.82) is 0 Å². The summed E-state index contributed by atoms with van der Waals surface area (Å²) in [7, 11) is 4.04. The number of rotatable bonds is 6. The third-order valence-corrected chi connectivity index (χ3v) is 8.40. The first-order chi connectivity index (χ1) is 12.8. The van der Waals surface area contributed by atoms with E-state index < -0.39 is 0 Å². The summed E-state index contributed by atoms with van der Waals surface area (Å²) < 4.78 is 0. The maximum atomic E-state index is 12.5. The molecular weight excluding hydrogens is 360 g/mol. The van der Waals surface area contributed by atoms with E-state index in [4.69, 9.17) is 0 Å². The summed E-state index contributed by atoms with van der Waals surface area (Å²) in [6.45, 7) is 1.60. The Balaban J connectivity index is 1.27. The van der Waals surface area contributed by atoms with Crippen LogP contribution in [0.4, 0.5) is 0 Å². The van der Waals surface area contributed by atoms with Crippen molar-refractivity contribution in [1.82, 2.24) is 9.88 Å². The highest BCUT2D eigenvalue weighted by molar-refractivity contribution is 8.77. The number of fused-ring (bicyclic) bond motifs is 1. The van der Waals surface area contributed by atoms with Gasteiger partial charge >= 0.3 is 0 Å². The van der Waals surface area contributed by atoms with Crippen molar-refractivity contribution in [2.75, 3.05) is 18.8 Å². The lowest BCUT2D eigenvalue weighted by Crippen LogP contribution is -2.34. The number of unbranched alkanes of at least 4 members (excludes halogenated alkanes) is 1. The molecule has 1 amide bonds. The number of para-hydroxylation sites is 1. The highest BCUT2D eigenvalue weighted by Crippen LogP contribution is 2.40. The fraction of sp³-hybridized carbons (Fsp3) is 0.476. The zero-order valence-corrected chi connectivity index (χ0v) is 16.7. The minimum Gasteiger partial charge on any atom is -0.361 e. The van der Waals surface area contributed by atoms with E-state index in [-0.39, 0.29) is 0 Å². The van der Waals surface area contributed by atoms with Crippen molar-refractivity contribution < 1.29 is 4.79 Å². The van der Waals surface area contributed by atoms with Crippen LogP contribution in [0.5, 0.6) is 0 Å². The Morgan fingerprint density at radius 1 is 1.27 bits per heavy atom. The zero-order chi connectivity index (χ0) is 17.8. The van der Waals surface area contributed by atoms with Crippen molar-refractivity contribution in [3.8, 4) is 0 Å². The van der Waals surface area contributed by atoms with Gasteiger partial charge < -0.3 is 9.88 Å². The smallest absolute Gasteiger partial charge is 0.222 e. The number of carbonyl (C=O) groups excluding carboxylic acids is 1. The van der Waals surface area contributed by atoms with E-state index in [9.17, 15) is 4.79 Å². The van der Waals surface area contributed by atoms with Crippen LogP contribution in [0.3, 0.4) is 0 Å². The highest BCUT2D eigenvalue weighted by atomic mass is 33.1. The lowest BCUT2D eigenvalue weighted by atomic mass is 9.98. The molecule has 0 radical (unpaired) electrons. The molecule has 2 aromatic rings. The SMILES string of the molecule is O=C(CCCC[C@@H]1CCSS1)N1CC=C(c2c[nH]c3ccccc23)CC1.